The van der Waals surface area contributed by atoms with Crippen LogP contribution in [0.25, 0.3) is 0 Å². The molecule has 1 unspecified atom stereocenters. The molecule has 1 aromatic rings. The Hall–Kier alpha value is -1.02. The van der Waals surface area contributed by atoms with Crippen molar-refractivity contribution < 1.29 is 0 Å². The van der Waals surface area contributed by atoms with Crippen LogP contribution in [0.5, 0.6) is 0 Å². The first kappa shape index (κ1) is 9.22. The lowest BCUT2D eigenvalue weighted by atomic mass is 9.97. The van der Waals surface area contributed by atoms with Gasteiger partial charge in [0.25, 0.3) is 0 Å². The van der Waals surface area contributed by atoms with Crippen molar-refractivity contribution in [3.8, 4) is 0 Å². The summed E-state index contributed by atoms with van der Waals surface area (Å²) in [5, 5.41) is 0. The van der Waals surface area contributed by atoms with Gasteiger partial charge >= 0.3 is 0 Å². The van der Waals surface area contributed by atoms with E-state index in [4.69, 9.17) is 5.73 Å². The largest absolute Gasteiger partial charge is 0.399 e. The van der Waals surface area contributed by atoms with Crippen LogP contribution >= 0.6 is 0 Å². The van der Waals surface area contributed by atoms with E-state index in [0.29, 0.717) is 6.04 Å². The summed E-state index contributed by atoms with van der Waals surface area (Å²) in [6.45, 7) is 2.54. The van der Waals surface area contributed by atoms with Crippen LogP contribution in [-0.2, 0) is 6.42 Å². The molecular formula is C13H18N2. The summed E-state index contributed by atoms with van der Waals surface area (Å²) in [7, 11) is 0. The van der Waals surface area contributed by atoms with Crippen molar-refractivity contribution in [3.05, 3.63) is 29.3 Å². The van der Waals surface area contributed by atoms with Crippen molar-refractivity contribution in [1.82, 2.24) is 4.90 Å². The van der Waals surface area contributed by atoms with Gasteiger partial charge in [-0.3, -0.25) is 4.90 Å². The summed E-state index contributed by atoms with van der Waals surface area (Å²) in [6, 6.07) is 7.13. The standard InChI is InChI=1S/C13H18N2/c14-11-6-5-10-3-1-7-15-8-2-4-13(15)12(10)9-11/h5-6,9,13H,1-4,7-8,14H2. The molecule has 15 heavy (non-hydrogen) atoms. The molecule has 0 saturated carbocycles. The van der Waals surface area contributed by atoms with Gasteiger partial charge in [0.05, 0.1) is 0 Å². The number of rotatable bonds is 0. The average molecular weight is 202 g/mol. The van der Waals surface area contributed by atoms with E-state index in [1.54, 1.807) is 0 Å². The zero-order chi connectivity index (χ0) is 10.3. The second-order valence-electron chi connectivity index (χ2n) is 4.76. The van der Waals surface area contributed by atoms with E-state index in [2.05, 4.69) is 17.0 Å². The summed E-state index contributed by atoms with van der Waals surface area (Å²) >= 11 is 0. The van der Waals surface area contributed by atoms with E-state index in [9.17, 15) is 0 Å². The highest BCUT2D eigenvalue weighted by atomic mass is 15.2. The maximum absolute atomic E-state index is 5.90. The average Bonchev–Trinajstić information content (AvgIpc) is 2.62. The minimum Gasteiger partial charge on any atom is -0.399 e. The van der Waals surface area contributed by atoms with Crippen molar-refractivity contribution in [2.45, 2.75) is 31.7 Å². The molecule has 2 heteroatoms. The van der Waals surface area contributed by atoms with Crippen molar-refractivity contribution in [1.29, 1.82) is 0 Å². The van der Waals surface area contributed by atoms with Gasteiger partial charge in [-0.2, -0.15) is 0 Å². The molecule has 0 radical (unpaired) electrons. The number of hydrogen-bond donors (Lipinski definition) is 1. The maximum Gasteiger partial charge on any atom is 0.0352 e. The number of nitrogens with zero attached hydrogens (tertiary/aromatic N) is 1. The molecule has 80 valence electrons. The van der Waals surface area contributed by atoms with Crippen molar-refractivity contribution in [2.75, 3.05) is 18.8 Å². The Morgan fingerprint density at radius 3 is 3.00 bits per heavy atom. The highest BCUT2D eigenvalue weighted by Gasteiger charge is 2.29. The van der Waals surface area contributed by atoms with E-state index < -0.39 is 0 Å². The predicted molar refractivity (Wildman–Crippen MR) is 62.7 cm³/mol. The summed E-state index contributed by atoms with van der Waals surface area (Å²) < 4.78 is 0. The first-order valence-corrected chi connectivity index (χ1v) is 5.97. The summed E-state index contributed by atoms with van der Waals surface area (Å²) in [4.78, 5) is 2.63. The fourth-order valence-electron chi connectivity index (χ4n) is 3.07. The Morgan fingerprint density at radius 1 is 1.20 bits per heavy atom. The van der Waals surface area contributed by atoms with Crippen LogP contribution in [0.4, 0.5) is 5.69 Å². The second-order valence-corrected chi connectivity index (χ2v) is 4.76. The van der Waals surface area contributed by atoms with Gasteiger partial charge in [-0.25, -0.2) is 0 Å². The number of fused-ring (bicyclic) bond motifs is 3. The molecule has 1 aromatic carbocycles. The monoisotopic (exact) mass is 202 g/mol. The molecule has 0 bridgehead atoms. The van der Waals surface area contributed by atoms with Gasteiger partial charge in [0.2, 0.25) is 0 Å². The molecule has 2 N–H and O–H groups in total. The van der Waals surface area contributed by atoms with E-state index in [-0.39, 0.29) is 0 Å². The van der Waals surface area contributed by atoms with E-state index in [1.807, 2.05) is 6.07 Å². The summed E-state index contributed by atoms with van der Waals surface area (Å²) in [5.41, 5.74) is 9.85. The quantitative estimate of drug-likeness (QED) is 0.654. The Bertz CT molecular complexity index is 373. The lowest BCUT2D eigenvalue weighted by Gasteiger charge is -2.23. The molecule has 1 atom stereocenters. The molecule has 0 aliphatic carbocycles. The first-order valence-electron chi connectivity index (χ1n) is 5.97. The lowest BCUT2D eigenvalue weighted by molar-refractivity contribution is 0.263. The normalized spacial score (nSPS) is 25.7. The smallest absolute Gasteiger partial charge is 0.0352 e. The number of benzene rings is 1. The number of aryl methyl sites for hydroxylation is 1. The van der Waals surface area contributed by atoms with Gasteiger partial charge in [0.1, 0.15) is 0 Å². The van der Waals surface area contributed by atoms with Crippen LogP contribution in [0.15, 0.2) is 18.2 Å². The molecule has 2 nitrogen and oxygen atoms in total. The Kier molecular flexibility index (Phi) is 2.17. The third-order valence-electron chi connectivity index (χ3n) is 3.78. The molecule has 2 heterocycles. The van der Waals surface area contributed by atoms with E-state index >= 15 is 0 Å². The lowest BCUT2D eigenvalue weighted by Crippen LogP contribution is -2.22. The Morgan fingerprint density at radius 2 is 2.07 bits per heavy atom. The molecule has 0 aromatic heterocycles. The molecule has 0 amide bonds. The van der Waals surface area contributed by atoms with Crippen LogP contribution < -0.4 is 5.73 Å². The molecule has 0 spiro atoms. The predicted octanol–water partition coefficient (Wildman–Crippen LogP) is 2.35. The minimum atomic E-state index is 0.658. The van der Waals surface area contributed by atoms with E-state index in [0.717, 1.165) is 5.69 Å². The number of hydrogen-bond acceptors (Lipinski definition) is 2. The summed E-state index contributed by atoms with van der Waals surface area (Å²) in [5.74, 6) is 0. The highest BCUT2D eigenvalue weighted by Crippen LogP contribution is 2.37. The van der Waals surface area contributed by atoms with Crippen LogP contribution in [0.3, 0.4) is 0 Å². The van der Waals surface area contributed by atoms with Gasteiger partial charge in [0, 0.05) is 11.7 Å². The topological polar surface area (TPSA) is 29.3 Å². The van der Waals surface area contributed by atoms with Crippen molar-refractivity contribution in [2.24, 2.45) is 0 Å². The highest BCUT2D eigenvalue weighted by molar-refractivity contribution is 5.46. The van der Waals surface area contributed by atoms with Gasteiger partial charge in [-0.05, 0) is 62.0 Å². The number of nitrogens with two attached hydrogens (primary N) is 1. The van der Waals surface area contributed by atoms with Crippen LogP contribution in [-0.4, -0.2) is 18.0 Å². The molecule has 2 aliphatic heterocycles. The molecule has 1 fully saturated rings. The van der Waals surface area contributed by atoms with Crippen molar-refractivity contribution in [3.63, 3.8) is 0 Å². The fraction of sp³-hybridized carbons (Fsp3) is 0.538. The number of nitrogen functional groups attached to an aromatic ring is 1. The SMILES string of the molecule is Nc1ccc2c(c1)C1CCCN1CCC2. The maximum atomic E-state index is 5.90. The minimum absolute atomic E-state index is 0.658. The Labute approximate surface area is 91.1 Å². The second kappa shape index (κ2) is 3.53. The van der Waals surface area contributed by atoms with E-state index in [1.165, 1.54) is 49.9 Å². The van der Waals surface area contributed by atoms with Crippen LogP contribution in [0.1, 0.15) is 36.4 Å². The molecular weight excluding hydrogens is 184 g/mol. The Balaban J connectivity index is 2.06. The van der Waals surface area contributed by atoms with Crippen LogP contribution in [0, 0.1) is 0 Å². The van der Waals surface area contributed by atoms with Gasteiger partial charge in [0.15, 0.2) is 0 Å². The fourth-order valence-corrected chi connectivity index (χ4v) is 3.07. The van der Waals surface area contributed by atoms with Crippen LogP contribution in [0.2, 0.25) is 0 Å². The molecule has 3 rings (SSSR count). The van der Waals surface area contributed by atoms with Crippen molar-refractivity contribution >= 4 is 5.69 Å². The third kappa shape index (κ3) is 1.53. The first-order chi connectivity index (χ1) is 7.34. The zero-order valence-electron chi connectivity index (χ0n) is 9.08. The summed E-state index contributed by atoms with van der Waals surface area (Å²) in [6.07, 6.45) is 5.19. The molecule has 1 saturated heterocycles. The van der Waals surface area contributed by atoms with Gasteiger partial charge < -0.3 is 5.73 Å². The van der Waals surface area contributed by atoms with Gasteiger partial charge in [-0.1, -0.05) is 6.07 Å². The molecule has 2 aliphatic rings. The zero-order valence-corrected chi connectivity index (χ0v) is 9.08. The number of anilines is 1. The third-order valence-corrected chi connectivity index (χ3v) is 3.78. The van der Waals surface area contributed by atoms with Gasteiger partial charge in [-0.15, -0.1) is 0 Å².